The summed E-state index contributed by atoms with van der Waals surface area (Å²) >= 11 is 0. The van der Waals surface area contributed by atoms with Crippen molar-refractivity contribution in [1.29, 1.82) is 0 Å². The molecule has 2 aromatic heterocycles. The number of nitrogens with zero attached hydrogens (tertiary/aromatic N) is 4. The second kappa shape index (κ2) is 8.12. The number of amides is 1. The molecular formula is C17H10F5N5O2. The monoisotopic (exact) mass is 411 g/mol. The Kier molecular flexibility index (Phi) is 5.61. The summed E-state index contributed by atoms with van der Waals surface area (Å²) in [5.41, 5.74) is -2.69. The fraction of sp³-hybridized carbons (Fsp3) is 0.118. The number of hydrogen-bond acceptors (Lipinski definition) is 5. The first kappa shape index (κ1) is 20.0. The minimum absolute atomic E-state index is 0.273. The number of nitrogens with one attached hydrogen (secondary N) is 1. The van der Waals surface area contributed by atoms with Crippen LogP contribution >= 0.6 is 0 Å². The highest BCUT2D eigenvalue weighted by atomic mass is 19.3. The molecule has 0 aliphatic carbocycles. The number of halogens is 5. The summed E-state index contributed by atoms with van der Waals surface area (Å²) in [6.45, 7) is -0.781. The molecule has 0 spiro atoms. The summed E-state index contributed by atoms with van der Waals surface area (Å²) in [4.78, 5) is 31.1. The van der Waals surface area contributed by atoms with Crippen molar-refractivity contribution >= 4 is 11.9 Å². The van der Waals surface area contributed by atoms with Crippen molar-refractivity contribution < 1.29 is 26.7 Å². The zero-order valence-electron chi connectivity index (χ0n) is 14.2. The van der Waals surface area contributed by atoms with Crippen molar-refractivity contribution in [3.05, 3.63) is 70.2 Å². The van der Waals surface area contributed by atoms with Crippen LogP contribution in [0.5, 0.6) is 0 Å². The predicted octanol–water partition coefficient (Wildman–Crippen LogP) is 2.69. The number of rotatable bonds is 5. The molecule has 2 heterocycles. The largest absolute Gasteiger partial charge is 0.293 e. The highest BCUT2D eigenvalue weighted by Crippen LogP contribution is 2.29. The van der Waals surface area contributed by atoms with Gasteiger partial charge in [0.15, 0.2) is 5.82 Å². The van der Waals surface area contributed by atoms with Crippen LogP contribution in [0.4, 0.5) is 27.9 Å². The van der Waals surface area contributed by atoms with Crippen LogP contribution in [0.1, 0.15) is 12.1 Å². The van der Waals surface area contributed by atoms with E-state index >= 15 is 0 Å². The molecule has 12 heteroatoms. The Bertz CT molecular complexity index is 1100. The predicted molar refractivity (Wildman–Crippen MR) is 89.4 cm³/mol. The van der Waals surface area contributed by atoms with Gasteiger partial charge in [0.1, 0.15) is 23.9 Å². The molecule has 0 saturated carbocycles. The number of carbonyl (C=O) groups excluding carboxylic acids is 1. The fourth-order valence-electron chi connectivity index (χ4n) is 2.40. The van der Waals surface area contributed by atoms with Crippen molar-refractivity contribution in [2.24, 2.45) is 0 Å². The summed E-state index contributed by atoms with van der Waals surface area (Å²) < 4.78 is 66.9. The first-order valence-corrected chi connectivity index (χ1v) is 7.87. The lowest BCUT2D eigenvalue weighted by atomic mass is 10.0. The van der Waals surface area contributed by atoms with Gasteiger partial charge < -0.3 is 0 Å². The third kappa shape index (κ3) is 4.78. The first-order chi connectivity index (χ1) is 13.7. The van der Waals surface area contributed by atoms with E-state index < -0.39 is 53.1 Å². The Hall–Kier alpha value is -3.70. The molecule has 1 amide bonds. The van der Waals surface area contributed by atoms with Crippen molar-refractivity contribution in [2.45, 2.75) is 13.0 Å². The molecule has 0 atom stereocenters. The number of benzene rings is 1. The second-order valence-electron chi connectivity index (χ2n) is 5.67. The van der Waals surface area contributed by atoms with Crippen LogP contribution < -0.4 is 10.9 Å². The summed E-state index contributed by atoms with van der Waals surface area (Å²) in [7, 11) is 0. The van der Waals surface area contributed by atoms with Crippen molar-refractivity contribution in [3.63, 3.8) is 0 Å². The van der Waals surface area contributed by atoms with Gasteiger partial charge in [0.2, 0.25) is 11.9 Å². The van der Waals surface area contributed by atoms with Gasteiger partial charge in [-0.1, -0.05) is 0 Å². The minimum Gasteiger partial charge on any atom is -0.293 e. The van der Waals surface area contributed by atoms with Crippen LogP contribution in [0.25, 0.3) is 11.1 Å². The van der Waals surface area contributed by atoms with Crippen molar-refractivity contribution in [2.75, 3.05) is 5.32 Å². The Morgan fingerprint density at radius 2 is 1.62 bits per heavy atom. The molecule has 0 aliphatic heterocycles. The van der Waals surface area contributed by atoms with Crippen LogP contribution in [-0.4, -0.2) is 25.7 Å². The average molecular weight is 411 g/mol. The smallest absolute Gasteiger partial charge is 0.282 e. The summed E-state index contributed by atoms with van der Waals surface area (Å²) in [5.74, 6) is -3.96. The lowest BCUT2D eigenvalue weighted by Gasteiger charge is -2.12. The van der Waals surface area contributed by atoms with Crippen LogP contribution in [0.3, 0.4) is 0 Å². The van der Waals surface area contributed by atoms with E-state index in [4.69, 9.17) is 0 Å². The lowest BCUT2D eigenvalue weighted by Crippen LogP contribution is -2.31. The van der Waals surface area contributed by atoms with Crippen LogP contribution in [0.2, 0.25) is 0 Å². The van der Waals surface area contributed by atoms with Gasteiger partial charge in [-0.2, -0.15) is 5.10 Å². The van der Waals surface area contributed by atoms with Gasteiger partial charge in [-0.15, -0.1) is 0 Å². The van der Waals surface area contributed by atoms with Gasteiger partial charge in [-0.05, 0) is 17.7 Å². The maximum absolute atomic E-state index is 13.4. The average Bonchev–Trinajstić information content (AvgIpc) is 2.64. The van der Waals surface area contributed by atoms with Crippen LogP contribution in [-0.2, 0) is 11.3 Å². The molecule has 7 nitrogen and oxygen atoms in total. The van der Waals surface area contributed by atoms with E-state index in [1.807, 2.05) is 0 Å². The maximum atomic E-state index is 13.4. The highest BCUT2D eigenvalue weighted by molar-refractivity contribution is 5.88. The molecule has 0 aliphatic rings. The molecular weight excluding hydrogens is 401 g/mol. The zero-order valence-corrected chi connectivity index (χ0v) is 14.2. The second-order valence-corrected chi connectivity index (χ2v) is 5.67. The highest BCUT2D eigenvalue weighted by Gasteiger charge is 2.21. The topological polar surface area (TPSA) is 89.8 Å². The third-order valence-electron chi connectivity index (χ3n) is 3.57. The van der Waals surface area contributed by atoms with Gasteiger partial charge in [0, 0.05) is 17.7 Å². The fourth-order valence-corrected chi connectivity index (χ4v) is 2.40. The van der Waals surface area contributed by atoms with Gasteiger partial charge in [0.25, 0.3) is 12.0 Å². The van der Waals surface area contributed by atoms with Gasteiger partial charge in [0.05, 0.1) is 12.4 Å². The summed E-state index contributed by atoms with van der Waals surface area (Å²) in [5, 5.41) is 5.59. The Morgan fingerprint density at radius 3 is 2.21 bits per heavy atom. The molecule has 0 unspecified atom stereocenters. The van der Waals surface area contributed by atoms with Crippen LogP contribution in [0.15, 0.2) is 41.5 Å². The van der Waals surface area contributed by atoms with Crippen molar-refractivity contribution in [1.82, 2.24) is 19.7 Å². The number of anilines is 1. The molecule has 29 heavy (non-hydrogen) atoms. The quantitative estimate of drug-likeness (QED) is 0.652. The Morgan fingerprint density at radius 1 is 1.00 bits per heavy atom. The molecule has 0 radical (unpaired) electrons. The van der Waals surface area contributed by atoms with E-state index in [1.54, 1.807) is 0 Å². The third-order valence-corrected chi connectivity index (χ3v) is 3.57. The molecule has 3 rings (SSSR count). The van der Waals surface area contributed by atoms with E-state index in [0.717, 1.165) is 24.5 Å². The number of alkyl halides is 2. The number of carbonyl (C=O) groups is 1. The molecule has 1 N–H and O–H groups in total. The Balaban J connectivity index is 1.92. The Labute approximate surface area is 158 Å². The van der Waals surface area contributed by atoms with E-state index in [0.29, 0.717) is 16.8 Å². The molecule has 150 valence electrons. The number of hydrogen-bond donors (Lipinski definition) is 1. The van der Waals surface area contributed by atoms with E-state index in [1.165, 1.54) is 0 Å². The molecule has 0 fully saturated rings. The zero-order chi connectivity index (χ0) is 21.1. The van der Waals surface area contributed by atoms with E-state index in [9.17, 15) is 31.5 Å². The molecule has 0 bridgehead atoms. The normalized spacial score (nSPS) is 11.0. The first-order valence-electron chi connectivity index (χ1n) is 7.87. The summed E-state index contributed by atoms with van der Waals surface area (Å²) in [6.07, 6.45) is -1.63. The van der Waals surface area contributed by atoms with E-state index in [2.05, 4.69) is 20.4 Å². The van der Waals surface area contributed by atoms with Crippen molar-refractivity contribution in [3.8, 4) is 11.1 Å². The number of aromatic nitrogens is 4. The molecule has 0 saturated heterocycles. The lowest BCUT2D eigenvalue weighted by molar-refractivity contribution is -0.117. The SMILES string of the molecule is O=C(Cn1nc(C(F)F)c(-c2cc(F)cc(F)c2)cc1=O)Nc1ncc(F)cn1. The minimum atomic E-state index is -3.20. The van der Waals surface area contributed by atoms with E-state index in [-0.39, 0.29) is 11.5 Å². The standard InChI is InChI=1S/C17H10F5N5O2/c18-9-1-8(2-10(19)3-9)12-4-14(29)27(26-15(12)16(21)22)7-13(28)25-17-23-5-11(20)6-24-17/h1-6,16H,7H2,(H,23,24,25,28). The summed E-state index contributed by atoms with van der Waals surface area (Å²) in [6, 6.07) is 2.79. The molecule has 1 aromatic carbocycles. The maximum Gasteiger partial charge on any atom is 0.282 e. The van der Waals surface area contributed by atoms with Crippen LogP contribution in [0, 0.1) is 17.5 Å². The van der Waals surface area contributed by atoms with Gasteiger partial charge >= 0.3 is 0 Å². The van der Waals surface area contributed by atoms with Gasteiger partial charge in [-0.3, -0.25) is 14.9 Å². The molecule has 3 aromatic rings. The van der Waals surface area contributed by atoms with Gasteiger partial charge in [-0.25, -0.2) is 36.6 Å².